The average Bonchev–Trinajstić information content (AvgIpc) is 2.61. The van der Waals surface area contributed by atoms with E-state index in [2.05, 4.69) is 12.2 Å². The first kappa shape index (κ1) is 17.9. The molecule has 0 spiro atoms. The van der Waals surface area contributed by atoms with Gasteiger partial charge in [-0.15, -0.1) is 0 Å². The van der Waals surface area contributed by atoms with E-state index in [1.54, 1.807) is 12.1 Å². The average molecular weight is 327 g/mol. The van der Waals surface area contributed by atoms with E-state index < -0.39 is 0 Å². The Morgan fingerprint density at radius 2 is 1.54 bits per heavy atom. The Morgan fingerprint density at radius 3 is 2.17 bits per heavy atom. The minimum Gasteiger partial charge on any atom is -0.356 e. The van der Waals surface area contributed by atoms with Crippen LogP contribution < -0.4 is 5.32 Å². The summed E-state index contributed by atoms with van der Waals surface area (Å²) in [6, 6.07) is 13.7. The number of benzene rings is 2. The van der Waals surface area contributed by atoms with Gasteiger partial charge in [0, 0.05) is 24.9 Å². The molecule has 2 aromatic carbocycles. The van der Waals surface area contributed by atoms with Gasteiger partial charge < -0.3 is 5.32 Å². The predicted molar refractivity (Wildman–Crippen MR) is 92.5 cm³/mol. The molecule has 0 unspecified atom stereocenters. The lowest BCUT2D eigenvalue weighted by molar-refractivity contribution is -0.121. The first-order valence-electron chi connectivity index (χ1n) is 8.21. The lowest BCUT2D eigenvalue weighted by Crippen LogP contribution is -2.26. The molecule has 0 bridgehead atoms. The molecule has 0 aliphatic heterocycles. The predicted octanol–water partition coefficient (Wildman–Crippen LogP) is 3.71. The number of Topliss-reactive ketones (excluding diaryl/α,β-unsaturated/α-hetero) is 1. The zero-order valence-corrected chi connectivity index (χ0v) is 13.8. The number of aryl methyl sites for hydroxylation is 1. The van der Waals surface area contributed by atoms with Crippen LogP contribution in [0.4, 0.5) is 4.39 Å². The molecule has 0 atom stereocenters. The van der Waals surface area contributed by atoms with Crippen LogP contribution in [0.3, 0.4) is 0 Å². The highest BCUT2D eigenvalue weighted by Crippen LogP contribution is 2.09. The van der Waals surface area contributed by atoms with E-state index in [4.69, 9.17) is 0 Å². The molecule has 1 N–H and O–H groups in total. The van der Waals surface area contributed by atoms with Crippen LogP contribution in [0.5, 0.6) is 0 Å². The van der Waals surface area contributed by atoms with Gasteiger partial charge in [-0.05, 0) is 36.1 Å². The van der Waals surface area contributed by atoms with E-state index in [1.807, 2.05) is 24.3 Å². The topological polar surface area (TPSA) is 46.2 Å². The van der Waals surface area contributed by atoms with Gasteiger partial charge in [-0.3, -0.25) is 9.59 Å². The van der Waals surface area contributed by atoms with Gasteiger partial charge in [-0.1, -0.05) is 43.3 Å². The number of rotatable bonds is 8. The Kier molecular flexibility index (Phi) is 6.67. The lowest BCUT2D eigenvalue weighted by Gasteiger charge is -2.06. The van der Waals surface area contributed by atoms with E-state index in [1.165, 1.54) is 17.7 Å². The van der Waals surface area contributed by atoms with E-state index >= 15 is 0 Å². The molecule has 0 radical (unpaired) electrons. The van der Waals surface area contributed by atoms with Crippen molar-refractivity contribution in [2.45, 2.75) is 32.6 Å². The van der Waals surface area contributed by atoms with Crippen molar-refractivity contribution in [2.24, 2.45) is 0 Å². The summed E-state index contributed by atoms with van der Waals surface area (Å²) >= 11 is 0. The molecular formula is C20H22FNO2. The third-order valence-electron chi connectivity index (χ3n) is 3.91. The summed E-state index contributed by atoms with van der Waals surface area (Å²) in [4.78, 5) is 23.9. The Balaban J connectivity index is 1.70. The maximum Gasteiger partial charge on any atom is 0.220 e. The number of halogens is 1. The molecule has 24 heavy (non-hydrogen) atoms. The minimum atomic E-state index is -0.270. The Labute approximate surface area is 141 Å². The summed E-state index contributed by atoms with van der Waals surface area (Å²) in [5.74, 6) is -0.435. The summed E-state index contributed by atoms with van der Waals surface area (Å²) in [6.45, 7) is 2.54. The van der Waals surface area contributed by atoms with Crippen LogP contribution in [0, 0.1) is 5.82 Å². The first-order valence-corrected chi connectivity index (χ1v) is 8.21. The van der Waals surface area contributed by atoms with Gasteiger partial charge in [0.15, 0.2) is 5.78 Å². The van der Waals surface area contributed by atoms with Crippen LogP contribution in [0.2, 0.25) is 0 Å². The molecule has 3 nitrogen and oxygen atoms in total. The molecule has 0 saturated carbocycles. The molecule has 0 aliphatic rings. The van der Waals surface area contributed by atoms with E-state index in [-0.39, 0.29) is 30.3 Å². The third kappa shape index (κ3) is 5.61. The fourth-order valence-corrected chi connectivity index (χ4v) is 2.38. The standard InChI is InChI=1S/C20H22FNO2/c1-2-15-3-7-17(8-4-15)19(23)11-12-20(24)22-14-13-16-5-9-18(21)10-6-16/h3-10H,2,11-14H2,1H3,(H,22,24). The Hall–Kier alpha value is -2.49. The zero-order valence-electron chi connectivity index (χ0n) is 13.8. The number of hydrogen-bond acceptors (Lipinski definition) is 2. The molecule has 0 aromatic heterocycles. The molecule has 0 aliphatic carbocycles. The second kappa shape index (κ2) is 8.96. The molecule has 126 valence electrons. The zero-order chi connectivity index (χ0) is 17.4. The minimum absolute atomic E-state index is 0.0219. The fourth-order valence-electron chi connectivity index (χ4n) is 2.38. The van der Waals surface area contributed by atoms with Crippen molar-refractivity contribution in [3.8, 4) is 0 Å². The van der Waals surface area contributed by atoms with Crippen molar-refractivity contribution in [3.05, 3.63) is 71.0 Å². The Bertz CT molecular complexity index is 678. The maximum atomic E-state index is 12.8. The molecule has 1 amide bonds. The molecule has 0 saturated heterocycles. The first-order chi connectivity index (χ1) is 11.6. The van der Waals surface area contributed by atoms with Gasteiger partial charge in [-0.2, -0.15) is 0 Å². The molecule has 0 fully saturated rings. The smallest absolute Gasteiger partial charge is 0.220 e. The maximum absolute atomic E-state index is 12.8. The van der Waals surface area contributed by atoms with Crippen molar-refractivity contribution in [1.82, 2.24) is 5.32 Å². The van der Waals surface area contributed by atoms with Crippen LogP contribution in [-0.4, -0.2) is 18.2 Å². The molecule has 4 heteroatoms. The van der Waals surface area contributed by atoms with Crippen LogP contribution >= 0.6 is 0 Å². The normalized spacial score (nSPS) is 10.4. The molecular weight excluding hydrogens is 305 g/mol. The molecule has 2 rings (SSSR count). The highest BCUT2D eigenvalue weighted by atomic mass is 19.1. The van der Waals surface area contributed by atoms with Crippen molar-refractivity contribution in [3.63, 3.8) is 0 Å². The fraction of sp³-hybridized carbons (Fsp3) is 0.300. The van der Waals surface area contributed by atoms with Gasteiger partial charge in [0.25, 0.3) is 0 Å². The van der Waals surface area contributed by atoms with Crippen molar-refractivity contribution in [2.75, 3.05) is 6.54 Å². The SMILES string of the molecule is CCc1ccc(C(=O)CCC(=O)NCCc2ccc(F)cc2)cc1. The van der Waals surface area contributed by atoms with E-state index in [0.717, 1.165) is 12.0 Å². The second-order valence-electron chi connectivity index (χ2n) is 5.70. The molecule has 0 heterocycles. The van der Waals surface area contributed by atoms with Crippen molar-refractivity contribution < 1.29 is 14.0 Å². The van der Waals surface area contributed by atoms with Gasteiger partial charge in [0.2, 0.25) is 5.91 Å². The quantitative estimate of drug-likeness (QED) is 0.751. The number of amides is 1. The van der Waals surface area contributed by atoms with Gasteiger partial charge in [0.1, 0.15) is 5.82 Å². The lowest BCUT2D eigenvalue weighted by atomic mass is 10.0. The van der Waals surface area contributed by atoms with Gasteiger partial charge in [0.05, 0.1) is 0 Å². The summed E-state index contributed by atoms with van der Waals surface area (Å²) < 4.78 is 12.8. The van der Waals surface area contributed by atoms with Crippen LogP contribution in [0.25, 0.3) is 0 Å². The third-order valence-corrected chi connectivity index (χ3v) is 3.91. The molecule has 2 aromatic rings. The number of carbonyl (C=O) groups excluding carboxylic acids is 2. The summed E-state index contributed by atoms with van der Waals surface area (Å²) in [6.07, 6.45) is 1.95. The van der Waals surface area contributed by atoms with E-state index in [0.29, 0.717) is 18.5 Å². The van der Waals surface area contributed by atoms with Crippen molar-refractivity contribution >= 4 is 11.7 Å². The summed E-state index contributed by atoms with van der Waals surface area (Å²) in [5, 5.41) is 2.79. The largest absolute Gasteiger partial charge is 0.356 e. The monoisotopic (exact) mass is 327 g/mol. The summed E-state index contributed by atoms with van der Waals surface area (Å²) in [7, 11) is 0. The highest BCUT2D eigenvalue weighted by molar-refractivity contribution is 5.97. The number of nitrogens with one attached hydrogen (secondary N) is 1. The number of ketones is 1. The van der Waals surface area contributed by atoms with Crippen LogP contribution in [0.1, 0.15) is 41.3 Å². The van der Waals surface area contributed by atoms with Gasteiger partial charge in [-0.25, -0.2) is 4.39 Å². The van der Waals surface area contributed by atoms with E-state index in [9.17, 15) is 14.0 Å². The second-order valence-corrected chi connectivity index (χ2v) is 5.70. The van der Waals surface area contributed by atoms with Gasteiger partial charge >= 0.3 is 0 Å². The number of carbonyl (C=O) groups is 2. The Morgan fingerprint density at radius 1 is 0.917 bits per heavy atom. The van der Waals surface area contributed by atoms with Crippen LogP contribution in [0.15, 0.2) is 48.5 Å². The van der Waals surface area contributed by atoms with Crippen LogP contribution in [-0.2, 0) is 17.6 Å². The summed E-state index contributed by atoms with van der Waals surface area (Å²) in [5.41, 5.74) is 2.79. The highest BCUT2D eigenvalue weighted by Gasteiger charge is 2.09. The van der Waals surface area contributed by atoms with Crippen molar-refractivity contribution in [1.29, 1.82) is 0 Å². The number of hydrogen-bond donors (Lipinski definition) is 1.